The van der Waals surface area contributed by atoms with Crippen molar-refractivity contribution in [3.05, 3.63) is 140 Å². The molecule has 0 atom stereocenters. The molecular formula is C39H23N5S. The molecule has 11 aromatic rings. The van der Waals surface area contributed by atoms with Crippen molar-refractivity contribution < 1.29 is 0 Å². The number of rotatable bonds is 2. The summed E-state index contributed by atoms with van der Waals surface area (Å²) in [5, 5.41) is 4.94. The minimum absolute atomic E-state index is 0.968. The number of thiophene rings is 1. The highest BCUT2D eigenvalue weighted by molar-refractivity contribution is 7.26. The lowest BCUT2D eigenvalue weighted by atomic mass is 10.1. The molecule has 6 heteroatoms. The average molecular weight is 594 g/mol. The second-order valence-electron chi connectivity index (χ2n) is 11.7. The molecule has 0 spiro atoms. The molecule has 0 saturated heterocycles. The van der Waals surface area contributed by atoms with Gasteiger partial charge in [-0.25, -0.2) is 4.98 Å². The first-order chi connectivity index (χ1) is 22.3. The zero-order valence-corrected chi connectivity index (χ0v) is 24.7. The molecule has 6 heterocycles. The van der Waals surface area contributed by atoms with Crippen molar-refractivity contribution in [1.29, 1.82) is 0 Å². The van der Waals surface area contributed by atoms with E-state index in [9.17, 15) is 0 Å². The van der Waals surface area contributed by atoms with Crippen molar-refractivity contribution in [2.75, 3.05) is 0 Å². The molecule has 0 aliphatic heterocycles. The highest BCUT2D eigenvalue weighted by Crippen LogP contribution is 2.41. The van der Waals surface area contributed by atoms with Crippen LogP contribution in [0.4, 0.5) is 0 Å². The Hall–Kier alpha value is -5.85. The van der Waals surface area contributed by atoms with Crippen molar-refractivity contribution in [1.82, 2.24) is 22.9 Å². The lowest BCUT2D eigenvalue weighted by Crippen LogP contribution is -1.97. The summed E-state index contributed by atoms with van der Waals surface area (Å²) in [6.45, 7) is 0. The minimum atomic E-state index is 0.968. The van der Waals surface area contributed by atoms with Crippen LogP contribution < -0.4 is 0 Å². The number of imidazole rings is 2. The van der Waals surface area contributed by atoms with Gasteiger partial charge < -0.3 is 0 Å². The molecule has 0 fully saturated rings. The molecule has 0 amide bonds. The average Bonchev–Trinajstić information content (AvgIpc) is 3.87. The highest BCUT2D eigenvalue weighted by atomic mass is 32.1. The molecule has 210 valence electrons. The molecule has 0 N–H and O–H groups in total. The fourth-order valence-corrected chi connectivity index (χ4v) is 8.68. The third-order valence-corrected chi connectivity index (χ3v) is 10.6. The van der Waals surface area contributed by atoms with Crippen LogP contribution in [0.15, 0.2) is 140 Å². The Balaban J connectivity index is 1.20. The topological polar surface area (TPSA) is 31.6 Å². The highest BCUT2D eigenvalue weighted by Gasteiger charge is 2.21. The van der Waals surface area contributed by atoms with Gasteiger partial charge in [-0.2, -0.15) is 0 Å². The second kappa shape index (κ2) is 8.40. The van der Waals surface area contributed by atoms with Gasteiger partial charge in [-0.05, 0) is 72.8 Å². The van der Waals surface area contributed by atoms with Gasteiger partial charge in [-0.15, -0.1) is 11.3 Å². The zero-order valence-electron chi connectivity index (χ0n) is 23.9. The van der Waals surface area contributed by atoms with Gasteiger partial charge in [0.15, 0.2) is 5.82 Å². The largest absolute Gasteiger partial charge is 0.294 e. The summed E-state index contributed by atoms with van der Waals surface area (Å²) in [6.07, 6.45) is 1.97. The first-order valence-corrected chi connectivity index (χ1v) is 16.0. The van der Waals surface area contributed by atoms with Crippen LogP contribution in [-0.2, 0) is 0 Å². The van der Waals surface area contributed by atoms with Crippen molar-refractivity contribution in [3.63, 3.8) is 0 Å². The molecule has 5 aromatic carbocycles. The van der Waals surface area contributed by atoms with E-state index in [1.54, 1.807) is 0 Å². The van der Waals surface area contributed by atoms with Gasteiger partial charge in [0, 0.05) is 38.1 Å². The van der Waals surface area contributed by atoms with Crippen LogP contribution in [0.1, 0.15) is 0 Å². The van der Waals surface area contributed by atoms with E-state index in [2.05, 4.69) is 151 Å². The van der Waals surface area contributed by atoms with E-state index in [1.807, 2.05) is 17.5 Å². The third-order valence-electron chi connectivity index (χ3n) is 9.39. The Morgan fingerprint density at radius 1 is 0.467 bits per heavy atom. The van der Waals surface area contributed by atoms with Crippen molar-refractivity contribution in [3.8, 4) is 11.5 Å². The Kier molecular flexibility index (Phi) is 4.41. The summed E-state index contributed by atoms with van der Waals surface area (Å²) >= 11 is 1.82. The van der Waals surface area contributed by atoms with Crippen LogP contribution in [0.2, 0.25) is 0 Å². The van der Waals surface area contributed by atoms with Gasteiger partial charge in [0.2, 0.25) is 0 Å². The molecule has 5 nitrogen and oxygen atoms in total. The molecular weight excluding hydrogens is 571 g/mol. The molecule has 45 heavy (non-hydrogen) atoms. The first kappa shape index (κ1) is 23.6. The van der Waals surface area contributed by atoms with Crippen molar-refractivity contribution in [2.45, 2.75) is 0 Å². The van der Waals surface area contributed by atoms with Gasteiger partial charge in [0.1, 0.15) is 11.3 Å². The number of hydrogen-bond donors (Lipinski definition) is 0. The smallest absolute Gasteiger partial charge is 0.156 e. The van der Waals surface area contributed by atoms with E-state index >= 15 is 0 Å². The Bertz CT molecular complexity index is 3000. The van der Waals surface area contributed by atoms with Crippen LogP contribution in [0, 0.1) is 0 Å². The second-order valence-corrected chi connectivity index (χ2v) is 12.8. The maximum atomic E-state index is 5.05. The third kappa shape index (κ3) is 2.99. The number of fused-ring (bicyclic) bond motifs is 13. The lowest BCUT2D eigenvalue weighted by molar-refractivity contribution is 1.09. The standard InChI is InChI=1S/C39H23N5S/c1-3-11-29-24(9-1)21-36-41(31-13-5-6-14-32(31)42(29)36)26-17-18-35-28(23-26)27-19-20-40-39(38(27)45-35)44-34-16-8-7-15-33(34)43-30-12-4-2-10-25(30)22-37(43)44/h1-23H. The van der Waals surface area contributed by atoms with E-state index in [1.165, 1.54) is 64.2 Å². The molecule has 0 aliphatic rings. The van der Waals surface area contributed by atoms with Gasteiger partial charge in [0.25, 0.3) is 0 Å². The summed E-state index contributed by atoms with van der Waals surface area (Å²) in [4.78, 5) is 5.05. The maximum Gasteiger partial charge on any atom is 0.156 e. The lowest BCUT2D eigenvalue weighted by Gasteiger charge is -2.07. The van der Waals surface area contributed by atoms with E-state index in [0.717, 1.165) is 22.7 Å². The summed E-state index contributed by atoms with van der Waals surface area (Å²) in [6, 6.07) is 48.2. The molecule has 11 rings (SSSR count). The van der Waals surface area contributed by atoms with Gasteiger partial charge in [-0.1, -0.05) is 60.7 Å². The number of para-hydroxylation sites is 6. The van der Waals surface area contributed by atoms with Gasteiger partial charge in [0.05, 0.1) is 37.8 Å². The van der Waals surface area contributed by atoms with Crippen LogP contribution in [0.3, 0.4) is 0 Å². The Morgan fingerprint density at radius 3 is 1.69 bits per heavy atom. The molecule has 0 unspecified atom stereocenters. The number of hydrogen-bond acceptors (Lipinski definition) is 2. The molecule has 0 saturated carbocycles. The monoisotopic (exact) mass is 593 g/mol. The van der Waals surface area contributed by atoms with Gasteiger partial charge in [-0.3, -0.25) is 17.9 Å². The summed E-state index contributed by atoms with van der Waals surface area (Å²) in [5.74, 6) is 0.968. The quantitative estimate of drug-likeness (QED) is 0.196. The Morgan fingerprint density at radius 2 is 1.02 bits per heavy atom. The predicted octanol–water partition coefficient (Wildman–Crippen LogP) is 10.1. The molecule has 6 aromatic heterocycles. The normalized spacial score (nSPS) is 12.4. The molecule has 0 radical (unpaired) electrons. The fourth-order valence-electron chi connectivity index (χ4n) is 7.52. The minimum Gasteiger partial charge on any atom is -0.294 e. The molecule has 0 bridgehead atoms. The van der Waals surface area contributed by atoms with E-state index in [4.69, 9.17) is 4.98 Å². The SMILES string of the molecule is c1ccc2c(c1)cc1n(-c3ccc4sc5c(-n6c7ccccc7n7c8ccccc8cc67)nccc5c4c3)c3ccccc3n21. The number of benzene rings is 5. The van der Waals surface area contributed by atoms with E-state index in [-0.39, 0.29) is 0 Å². The predicted molar refractivity (Wildman–Crippen MR) is 188 cm³/mol. The van der Waals surface area contributed by atoms with E-state index in [0.29, 0.717) is 0 Å². The van der Waals surface area contributed by atoms with Gasteiger partial charge >= 0.3 is 0 Å². The van der Waals surface area contributed by atoms with Crippen LogP contribution >= 0.6 is 11.3 Å². The summed E-state index contributed by atoms with van der Waals surface area (Å²) < 4.78 is 11.9. The van der Waals surface area contributed by atoms with Crippen molar-refractivity contribution in [2.24, 2.45) is 0 Å². The van der Waals surface area contributed by atoms with Crippen molar-refractivity contribution >= 4 is 86.7 Å². The zero-order chi connectivity index (χ0) is 29.2. The maximum absolute atomic E-state index is 5.05. The number of aromatic nitrogens is 5. The summed E-state index contributed by atoms with van der Waals surface area (Å²) in [5.41, 5.74) is 10.6. The number of pyridine rings is 1. The fraction of sp³-hybridized carbons (Fsp3) is 0. The van der Waals surface area contributed by atoms with Crippen LogP contribution in [0.25, 0.3) is 86.8 Å². The van der Waals surface area contributed by atoms with E-state index < -0.39 is 0 Å². The number of nitrogens with zero attached hydrogens (tertiary/aromatic N) is 5. The Labute approximate surface area is 260 Å². The van der Waals surface area contributed by atoms with Crippen LogP contribution in [-0.4, -0.2) is 22.9 Å². The summed E-state index contributed by atoms with van der Waals surface area (Å²) in [7, 11) is 0. The molecule has 0 aliphatic carbocycles. The first-order valence-electron chi connectivity index (χ1n) is 15.1. The van der Waals surface area contributed by atoms with Crippen LogP contribution in [0.5, 0.6) is 0 Å².